The summed E-state index contributed by atoms with van der Waals surface area (Å²) in [5.74, 6) is 0. The molecule has 0 bridgehead atoms. The Morgan fingerprint density at radius 1 is 0.917 bits per heavy atom. The molecule has 0 aromatic heterocycles. The first kappa shape index (κ1) is 13.4. The van der Waals surface area contributed by atoms with Gasteiger partial charge in [-0.05, 0) is 0 Å². The van der Waals surface area contributed by atoms with Gasteiger partial charge in [-0.1, -0.05) is 0 Å². The van der Waals surface area contributed by atoms with Crippen LogP contribution in [0.3, 0.4) is 0 Å². The summed E-state index contributed by atoms with van der Waals surface area (Å²) in [5.41, 5.74) is 0. The molecule has 0 rings (SSSR count). The molecule has 0 unspecified atom stereocenters. The van der Waals surface area contributed by atoms with Crippen LogP contribution in [0.25, 0.3) is 0 Å². The van der Waals surface area contributed by atoms with Crippen LogP contribution in [0.1, 0.15) is 20.8 Å². The molecular weight excluding hydrogens is 370 g/mol. The number of hydrogen-bond acceptors (Lipinski definition) is 2. The van der Waals surface area contributed by atoms with Crippen molar-refractivity contribution in [3.8, 4) is 0 Å². The molecule has 0 saturated carbocycles. The third-order valence-electron chi connectivity index (χ3n) is 2.14. The standard InChI is InChI=1S/C4H9.2C2H6N.HI.Sn/c1-4(2)3;2*1-3-2;;/h1-3H3;2*1-2H3;1H;/q;2*-1;;+3/p-1. The summed E-state index contributed by atoms with van der Waals surface area (Å²) in [6.07, 6.45) is 0. The molecule has 0 atom stereocenters. The van der Waals surface area contributed by atoms with Crippen molar-refractivity contribution >= 4 is 33.6 Å². The predicted octanol–water partition coefficient (Wildman–Crippen LogP) is 2.28. The van der Waals surface area contributed by atoms with Crippen LogP contribution < -0.4 is 0 Å². The van der Waals surface area contributed by atoms with Crippen molar-refractivity contribution in [1.29, 1.82) is 0 Å². The normalized spacial score (nSPS) is 14.5. The second kappa shape index (κ2) is 4.31. The van der Waals surface area contributed by atoms with Crippen LogP contribution in [-0.4, -0.2) is 49.4 Å². The molecule has 0 spiro atoms. The molecule has 0 aromatic rings. The Morgan fingerprint density at radius 3 is 1.17 bits per heavy atom. The predicted molar refractivity (Wildman–Crippen MR) is 66.9 cm³/mol. The third kappa shape index (κ3) is 2.48. The Labute approximate surface area is 91.5 Å². The van der Waals surface area contributed by atoms with Crippen molar-refractivity contribution < 1.29 is 0 Å². The van der Waals surface area contributed by atoms with Crippen molar-refractivity contribution in [1.82, 2.24) is 6.24 Å². The number of rotatable bonds is 2. The number of halogens is 1. The van der Waals surface area contributed by atoms with Crippen LogP contribution in [0.4, 0.5) is 0 Å². The van der Waals surface area contributed by atoms with Crippen molar-refractivity contribution in [2.75, 3.05) is 28.2 Å². The molecule has 2 nitrogen and oxygen atoms in total. The second-order valence-electron chi connectivity index (χ2n) is 4.63. The summed E-state index contributed by atoms with van der Waals surface area (Å²) in [7, 11) is 8.86. The maximum atomic E-state index is 2.72. The Hall–Kier alpha value is 1.45. The van der Waals surface area contributed by atoms with Crippen LogP contribution in [0.15, 0.2) is 0 Å². The van der Waals surface area contributed by atoms with Gasteiger partial charge in [0.15, 0.2) is 0 Å². The molecular formula is C8H21IN2Sn. The molecule has 0 aliphatic heterocycles. The van der Waals surface area contributed by atoms with E-state index in [-0.39, 0.29) is 0 Å². The van der Waals surface area contributed by atoms with Gasteiger partial charge < -0.3 is 0 Å². The van der Waals surface area contributed by atoms with E-state index in [4.69, 9.17) is 0 Å². The summed E-state index contributed by atoms with van der Waals surface area (Å²) in [5, 5.41) is 0. The first-order chi connectivity index (χ1) is 5.14. The molecule has 0 aromatic carbocycles. The van der Waals surface area contributed by atoms with Gasteiger partial charge in [0, 0.05) is 0 Å². The monoisotopic (exact) mass is 392 g/mol. The Bertz CT molecular complexity index is 144. The summed E-state index contributed by atoms with van der Waals surface area (Å²) < 4.78 is 5.38. The zero-order valence-electron chi connectivity index (χ0n) is 9.27. The van der Waals surface area contributed by atoms with Gasteiger partial charge in [-0.2, -0.15) is 0 Å². The van der Waals surface area contributed by atoms with E-state index >= 15 is 0 Å². The fraction of sp³-hybridized carbons (Fsp3) is 1.00. The number of hydrogen-bond donors (Lipinski definition) is 0. The van der Waals surface area contributed by atoms with Crippen molar-refractivity contribution in [3.63, 3.8) is 0 Å². The quantitative estimate of drug-likeness (QED) is 0.527. The molecule has 0 fully saturated rings. The molecule has 0 aliphatic carbocycles. The van der Waals surface area contributed by atoms with E-state index < -0.39 is 15.0 Å². The second-order valence-corrected chi connectivity index (χ2v) is 27.5. The van der Waals surface area contributed by atoms with Gasteiger partial charge >= 0.3 is 92.2 Å². The molecule has 0 N–H and O–H groups in total. The van der Waals surface area contributed by atoms with E-state index in [9.17, 15) is 0 Å². The van der Waals surface area contributed by atoms with E-state index in [0.29, 0.717) is 3.43 Å². The van der Waals surface area contributed by atoms with Crippen LogP contribution in [0.2, 0.25) is 3.43 Å². The van der Waals surface area contributed by atoms with Crippen LogP contribution in [0, 0.1) is 0 Å². The molecule has 0 amide bonds. The Morgan fingerprint density at radius 2 is 1.17 bits per heavy atom. The molecule has 0 radical (unpaired) electrons. The minimum atomic E-state index is -2.26. The van der Waals surface area contributed by atoms with Gasteiger partial charge in [-0.15, -0.1) is 0 Å². The fourth-order valence-corrected chi connectivity index (χ4v) is 11.7. The van der Waals surface area contributed by atoms with Crippen LogP contribution in [0.5, 0.6) is 0 Å². The van der Waals surface area contributed by atoms with Gasteiger partial charge in [-0.3, -0.25) is 0 Å². The van der Waals surface area contributed by atoms with Crippen LogP contribution in [-0.2, 0) is 0 Å². The third-order valence-corrected chi connectivity index (χ3v) is 38.2. The van der Waals surface area contributed by atoms with Gasteiger partial charge in [0.05, 0.1) is 0 Å². The SMILES string of the molecule is C[N](C)[Sn]([I])([N](C)C)[C](C)(C)C. The molecule has 12 heavy (non-hydrogen) atoms. The Balaban J connectivity index is 4.89. The van der Waals surface area contributed by atoms with Crippen molar-refractivity contribution in [2.24, 2.45) is 0 Å². The van der Waals surface area contributed by atoms with E-state index in [1.807, 2.05) is 0 Å². The molecule has 0 heterocycles. The average Bonchev–Trinajstić information content (AvgIpc) is 1.82. The van der Waals surface area contributed by atoms with Crippen molar-refractivity contribution in [2.45, 2.75) is 24.2 Å². The first-order valence-electron chi connectivity index (χ1n) is 4.18. The fourth-order valence-electron chi connectivity index (χ4n) is 1.74. The average molecular weight is 391 g/mol. The zero-order valence-corrected chi connectivity index (χ0v) is 14.3. The van der Waals surface area contributed by atoms with Gasteiger partial charge in [0.1, 0.15) is 0 Å². The van der Waals surface area contributed by atoms with E-state index in [0.717, 1.165) is 0 Å². The molecule has 4 heteroatoms. The number of nitrogens with zero attached hydrogens (tertiary/aromatic N) is 2. The molecule has 0 aliphatic rings. The van der Waals surface area contributed by atoms with E-state index in [1.54, 1.807) is 0 Å². The van der Waals surface area contributed by atoms with E-state index in [1.165, 1.54) is 0 Å². The van der Waals surface area contributed by atoms with Gasteiger partial charge in [0.25, 0.3) is 0 Å². The zero-order chi connectivity index (χ0) is 10.2. The minimum absolute atomic E-state index is 0.447. The summed E-state index contributed by atoms with van der Waals surface area (Å²) in [6.45, 7) is 7.07. The van der Waals surface area contributed by atoms with Gasteiger partial charge in [0.2, 0.25) is 0 Å². The topological polar surface area (TPSA) is 6.48 Å². The summed E-state index contributed by atoms with van der Waals surface area (Å²) in [6, 6.07) is 0. The maximum absolute atomic E-state index is 2.72. The molecule has 74 valence electrons. The van der Waals surface area contributed by atoms with Gasteiger partial charge in [-0.25, -0.2) is 0 Å². The summed E-state index contributed by atoms with van der Waals surface area (Å²) in [4.78, 5) is 0. The molecule has 0 saturated heterocycles. The Kier molecular flexibility index (Phi) is 4.83. The van der Waals surface area contributed by atoms with Crippen LogP contribution >= 0.6 is 18.6 Å². The van der Waals surface area contributed by atoms with E-state index in [2.05, 4.69) is 73.8 Å². The first-order valence-corrected chi connectivity index (χ1v) is 16.5. The summed E-state index contributed by atoms with van der Waals surface area (Å²) >= 11 is 0.464. The van der Waals surface area contributed by atoms with Crippen molar-refractivity contribution in [3.05, 3.63) is 0 Å².